The molecule has 0 aliphatic rings. The van der Waals surface area contributed by atoms with E-state index in [2.05, 4.69) is 11.8 Å². The summed E-state index contributed by atoms with van der Waals surface area (Å²) in [6, 6.07) is 0. The molecular formula is C5H8N2S. The largest absolute Gasteiger partial charge is 0.379 e. The molecule has 0 rings (SSSR count). The number of rotatable bonds is 1. The van der Waals surface area contributed by atoms with E-state index in [1.165, 1.54) is 11.8 Å². The van der Waals surface area contributed by atoms with Crippen LogP contribution in [0.4, 0.5) is 0 Å². The summed E-state index contributed by atoms with van der Waals surface area (Å²) in [5.74, 6) is 6.10. The molecule has 8 heavy (non-hydrogen) atoms. The highest BCUT2D eigenvalue weighted by Crippen LogP contribution is 1.93. The van der Waals surface area contributed by atoms with Crippen LogP contribution >= 0.6 is 11.8 Å². The number of amidine groups is 1. The first kappa shape index (κ1) is 7.38. The van der Waals surface area contributed by atoms with E-state index < -0.39 is 0 Å². The predicted octanol–water partition coefficient (Wildman–Crippen LogP) is 0.636. The van der Waals surface area contributed by atoms with Gasteiger partial charge in [0, 0.05) is 0 Å². The van der Waals surface area contributed by atoms with E-state index in [1.54, 1.807) is 6.92 Å². The van der Waals surface area contributed by atoms with E-state index in [0.29, 0.717) is 5.75 Å². The third kappa shape index (κ3) is 5.38. The molecule has 0 aromatic rings. The van der Waals surface area contributed by atoms with E-state index in [9.17, 15) is 0 Å². The summed E-state index contributed by atoms with van der Waals surface area (Å²) in [4.78, 5) is 0. The smallest absolute Gasteiger partial charge is 0.151 e. The Labute approximate surface area is 53.3 Å². The minimum Gasteiger partial charge on any atom is -0.379 e. The Kier molecular flexibility index (Phi) is 4.19. The van der Waals surface area contributed by atoms with Gasteiger partial charge in [0.15, 0.2) is 5.17 Å². The van der Waals surface area contributed by atoms with E-state index in [1.807, 2.05) is 0 Å². The highest BCUT2D eigenvalue weighted by atomic mass is 32.2. The Morgan fingerprint density at radius 2 is 2.50 bits per heavy atom. The monoisotopic (exact) mass is 128 g/mol. The highest BCUT2D eigenvalue weighted by Gasteiger charge is 1.82. The molecule has 44 valence electrons. The lowest BCUT2D eigenvalue weighted by atomic mass is 10.7. The highest BCUT2D eigenvalue weighted by molar-refractivity contribution is 8.13. The topological polar surface area (TPSA) is 49.9 Å². The quantitative estimate of drug-likeness (QED) is 0.309. The normalized spacial score (nSPS) is 7.12. The third-order valence-electron chi connectivity index (χ3n) is 0.477. The predicted molar refractivity (Wildman–Crippen MR) is 37.8 cm³/mol. The first-order chi connectivity index (χ1) is 3.77. The molecule has 0 aliphatic heterocycles. The second-order valence-corrected chi connectivity index (χ2v) is 2.10. The van der Waals surface area contributed by atoms with Crippen LogP contribution in [-0.2, 0) is 0 Å². The van der Waals surface area contributed by atoms with Crippen molar-refractivity contribution in [2.24, 2.45) is 5.73 Å². The van der Waals surface area contributed by atoms with E-state index in [0.717, 1.165) is 0 Å². The fraction of sp³-hybridized carbons (Fsp3) is 0.400. The van der Waals surface area contributed by atoms with Gasteiger partial charge in [-0.1, -0.05) is 17.7 Å². The average Bonchev–Trinajstić information content (AvgIpc) is 1.66. The molecule has 0 amide bonds. The van der Waals surface area contributed by atoms with Gasteiger partial charge in [-0.3, -0.25) is 5.41 Å². The van der Waals surface area contributed by atoms with Crippen molar-refractivity contribution in [3.05, 3.63) is 0 Å². The van der Waals surface area contributed by atoms with Crippen LogP contribution in [0.2, 0.25) is 0 Å². The van der Waals surface area contributed by atoms with Crippen molar-refractivity contribution >= 4 is 16.9 Å². The molecule has 3 N–H and O–H groups in total. The molecule has 0 fully saturated rings. The third-order valence-corrected chi connectivity index (χ3v) is 1.08. The fourth-order valence-electron chi connectivity index (χ4n) is 0.186. The van der Waals surface area contributed by atoms with Gasteiger partial charge < -0.3 is 5.73 Å². The summed E-state index contributed by atoms with van der Waals surface area (Å²) in [5, 5.41) is 6.88. The minimum atomic E-state index is 0.132. The van der Waals surface area contributed by atoms with Gasteiger partial charge in [0.25, 0.3) is 0 Å². The van der Waals surface area contributed by atoms with Crippen LogP contribution in [0.1, 0.15) is 6.92 Å². The maximum Gasteiger partial charge on any atom is 0.151 e. The van der Waals surface area contributed by atoms with Gasteiger partial charge >= 0.3 is 0 Å². The standard InChI is InChI=1S/C5H8N2S/c1-2-3-4-8-5(6)7/h4H2,1H3,(H3,6,7). The van der Waals surface area contributed by atoms with Crippen molar-refractivity contribution in [2.75, 3.05) is 5.75 Å². The zero-order chi connectivity index (χ0) is 6.41. The van der Waals surface area contributed by atoms with Crippen LogP contribution in [0.5, 0.6) is 0 Å². The second kappa shape index (κ2) is 4.54. The van der Waals surface area contributed by atoms with Crippen molar-refractivity contribution < 1.29 is 0 Å². The first-order valence-electron chi connectivity index (χ1n) is 2.14. The molecule has 0 saturated carbocycles. The number of nitrogens with one attached hydrogen (secondary N) is 1. The summed E-state index contributed by atoms with van der Waals surface area (Å²) in [6.45, 7) is 1.76. The lowest BCUT2D eigenvalue weighted by molar-refractivity contribution is 1.50. The fourth-order valence-corrected chi connectivity index (χ4v) is 0.558. The zero-order valence-corrected chi connectivity index (χ0v) is 5.51. The summed E-state index contributed by atoms with van der Waals surface area (Å²) in [6.07, 6.45) is 0. The summed E-state index contributed by atoms with van der Waals surface area (Å²) < 4.78 is 0. The maximum absolute atomic E-state index is 6.75. The van der Waals surface area contributed by atoms with E-state index in [-0.39, 0.29) is 5.17 Å². The van der Waals surface area contributed by atoms with Gasteiger partial charge in [-0.25, -0.2) is 0 Å². The number of hydrogen-bond donors (Lipinski definition) is 2. The second-order valence-electron chi connectivity index (χ2n) is 1.08. The average molecular weight is 128 g/mol. The van der Waals surface area contributed by atoms with Crippen molar-refractivity contribution in [1.29, 1.82) is 5.41 Å². The van der Waals surface area contributed by atoms with Gasteiger partial charge in [-0.2, -0.15) is 0 Å². The SMILES string of the molecule is CC#CCSC(=N)N. The van der Waals surface area contributed by atoms with Crippen LogP contribution < -0.4 is 5.73 Å². The van der Waals surface area contributed by atoms with Gasteiger partial charge in [0.05, 0.1) is 5.75 Å². The molecule has 0 aromatic heterocycles. The van der Waals surface area contributed by atoms with Crippen molar-refractivity contribution in [2.45, 2.75) is 6.92 Å². The van der Waals surface area contributed by atoms with Gasteiger partial charge in [0.1, 0.15) is 0 Å². The van der Waals surface area contributed by atoms with Gasteiger partial charge in [-0.05, 0) is 6.92 Å². The molecule has 0 radical (unpaired) electrons. The zero-order valence-electron chi connectivity index (χ0n) is 4.69. The van der Waals surface area contributed by atoms with Crippen LogP contribution in [0, 0.1) is 17.3 Å². The Balaban J connectivity index is 3.14. The number of hydrogen-bond acceptors (Lipinski definition) is 2. The van der Waals surface area contributed by atoms with E-state index in [4.69, 9.17) is 11.1 Å². The molecule has 0 heterocycles. The molecule has 0 saturated heterocycles. The summed E-state index contributed by atoms with van der Waals surface area (Å²) in [7, 11) is 0. The molecule has 0 atom stereocenters. The van der Waals surface area contributed by atoms with Crippen LogP contribution in [-0.4, -0.2) is 10.9 Å². The molecule has 3 heteroatoms. The Hall–Kier alpha value is -0.620. The van der Waals surface area contributed by atoms with Crippen molar-refractivity contribution in [1.82, 2.24) is 0 Å². The van der Waals surface area contributed by atoms with Crippen molar-refractivity contribution in [3.63, 3.8) is 0 Å². The molecular weight excluding hydrogens is 120 g/mol. The molecule has 0 unspecified atom stereocenters. The van der Waals surface area contributed by atoms with Gasteiger partial charge in [0.2, 0.25) is 0 Å². The first-order valence-corrected chi connectivity index (χ1v) is 3.12. The Morgan fingerprint density at radius 3 is 2.88 bits per heavy atom. The summed E-state index contributed by atoms with van der Waals surface area (Å²) in [5.41, 5.74) is 5.01. The molecule has 0 bridgehead atoms. The Bertz CT molecular complexity index is 131. The molecule has 0 spiro atoms. The maximum atomic E-state index is 6.75. The van der Waals surface area contributed by atoms with Crippen LogP contribution in [0.15, 0.2) is 0 Å². The summed E-state index contributed by atoms with van der Waals surface area (Å²) >= 11 is 1.24. The number of nitrogens with two attached hydrogens (primary N) is 1. The van der Waals surface area contributed by atoms with E-state index >= 15 is 0 Å². The molecule has 0 aliphatic carbocycles. The molecule has 0 aromatic carbocycles. The van der Waals surface area contributed by atoms with Crippen LogP contribution in [0.3, 0.4) is 0 Å². The number of thioether (sulfide) groups is 1. The lowest BCUT2D eigenvalue weighted by Crippen LogP contribution is -2.03. The van der Waals surface area contributed by atoms with Crippen LogP contribution in [0.25, 0.3) is 0 Å². The minimum absolute atomic E-state index is 0.132. The van der Waals surface area contributed by atoms with Crippen molar-refractivity contribution in [3.8, 4) is 11.8 Å². The van der Waals surface area contributed by atoms with Gasteiger partial charge in [-0.15, -0.1) is 5.92 Å². The lowest BCUT2D eigenvalue weighted by Gasteiger charge is -1.86. The Morgan fingerprint density at radius 1 is 1.88 bits per heavy atom. The molecule has 2 nitrogen and oxygen atoms in total.